The molecule has 2 aromatic heterocycles. The number of carbonyl (C=O) groups is 1. The number of methoxy groups -OCH3 is 1. The first-order valence-corrected chi connectivity index (χ1v) is 7.62. The molecule has 0 saturated carbocycles. The van der Waals surface area contributed by atoms with Gasteiger partial charge in [-0.2, -0.15) is 0 Å². The van der Waals surface area contributed by atoms with E-state index < -0.39 is 0 Å². The van der Waals surface area contributed by atoms with Crippen LogP contribution < -0.4 is 10.6 Å². The monoisotopic (exact) mass is 322 g/mol. The fraction of sp³-hybridized carbons (Fsp3) is 0.167. The van der Waals surface area contributed by atoms with Crippen molar-refractivity contribution in [3.63, 3.8) is 0 Å². The van der Waals surface area contributed by atoms with Crippen molar-refractivity contribution < 1.29 is 9.53 Å². The minimum absolute atomic E-state index is 0.267. The molecule has 1 amide bonds. The Morgan fingerprint density at radius 3 is 2.79 bits per heavy atom. The van der Waals surface area contributed by atoms with Crippen molar-refractivity contribution in [1.29, 1.82) is 0 Å². The number of hydrogen-bond donors (Lipinski definition) is 2. The highest BCUT2D eigenvalue weighted by Crippen LogP contribution is 2.21. The summed E-state index contributed by atoms with van der Waals surface area (Å²) in [6, 6.07) is 13.0. The van der Waals surface area contributed by atoms with Gasteiger partial charge in [0.1, 0.15) is 5.69 Å². The van der Waals surface area contributed by atoms with E-state index in [9.17, 15) is 4.79 Å². The molecule has 0 aliphatic heterocycles. The fourth-order valence-electron chi connectivity index (χ4n) is 2.32. The highest BCUT2D eigenvalue weighted by Gasteiger charge is 2.10. The molecule has 0 atom stereocenters. The quantitative estimate of drug-likeness (QED) is 0.682. The van der Waals surface area contributed by atoms with Crippen molar-refractivity contribution in [2.24, 2.45) is 0 Å². The number of para-hydroxylation sites is 1. The van der Waals surface area contributed by atoms with Gasteiger partial charge in [0.2, 0.25) is 0 Å². The van der Waals surface area contributed by atoms with E-state index in [2.05, 4.69) is 20.6 Å². The first-order chi connectivity index (χ1) is 11.8. The second-order valence-corrected chi connectivity index (χ2v) is 5.19. The molecule has 0 fully saturated rings. The molecule has 2 heterocycles. The molecule has 122 valence electrons. The third kappa shape index (κ3) is 3.67. The van der Waals surface area contributed by atoms with Crippen LogP contribution in [0.15, 0.2) is 54.9 Å². The molecule has 6 nitrogen and oxygen atoms in total. The molecule has 0 saturated heterocycles. The lowest BCUT2D eigenvalue weighted by molar-refractivity contribution is 0.102. The summed E-state index contributed by atoms with van der Waals surface area (Å²) in [5, 5.41) is 7.00. The number of benzene rings is 1. The van der Waals surface area contributed by atoms with E-state index in [0.717, 1.165) is 16.6 Å². The van der Waals surface area contributed by atoms with Crippen LogP contribution in [-0.4, -0.2) is 36.1 Å². The molecule has 1 aromatic carbocycles. The molecule has 0 aliphatic carbocycles. The molecule has 0 aliphatic rings. The number of nitrogens with one attached hydrogen (secondary N) is 2. The number of fused-ring (bicyclic) bond motifs is 1. The van der Waals surface area contributed by atoms with Crippen LogP contribution in [0.25, 0.3) is 10.9 Å². The molecule has 0 unspecified atom stereocenters. The molecule has 3 rings (SSSR count). The SMILES string of the molecule is COCCNc1ccc(C(=O)Nc2cccc3cccnc23)nc1. The van der Waals surface area contributed by atoms with Gasteiger partial charge in [-0.3, -0.25) is 9.78 Å². The van der Waals surface area contributed by atoms with Crippen LogP contribution in [0.5, 0.6) is 0 Å². The minimum Gasteiger partial charge on any atom is -0.383 e. The largest absolute Gasteiger partial charge is 0.383 e. The smallest absolute Gasteiger partial charge is 0.274 e. The molecular formula is C18H18N4O2. The number of pyridine rings is 2. The second kappa shape index (κ2) is 7.52. The zero-order chi connectivity index (χ0) is 16.8. The van der Waals surface area contributed by atoms with Crippen LogP contribution in [0, 0.1) is 0 Å². The maximum Gasteiger partial charge on any atom is 0.274 e. The lowest BCUT2D eigenvalue weighted by Crippen LogP contribution is -2.14. The van der Waals surface area contributed by atoms with E-state index in [1.54, 1.807) is 25.6 Å². The molecule has 0 radical (unpaired) electrons. The Balaban J connectivity index is 1.72. The average Bonchev–Trinajstić information content (AvgIpc) is 2.63. The van der Waals surface area contributed by atoms with E-state index in [1.165, 1.54) is 0 Å². The van der Waals surface area contributed by atoms with Gasteiger partial charge in [-0.25, -0.2) is 4.98 Å². The van der Waals surface area contributed by atoms with Crippen molar-refractivity contribution >= 4 is 28.2 Å². The van der Waals surface area contributed by atoms with Crippen molar-refractivity contribution in [2.75, 3.05) is 30.9 Å². The summed E-state index contributed by atoms with van der Waals surface area (Å²) in [5.41, 5.74) is 2.61. The predicted octanol–water partition coefficient (Wildman–Crippen LogP) is 2.94. The van der Waals surface area contributed by atoms with Crippen molar-refractivity contribution in [3.8, 4) is 0 Å². The van der Waals surface area contributed by atoms with Crippen LogP contribution in [-0.2, 0) is 4.74 Å². The molecule has 3 aromatic rings. The Kier molecular flexibility index (Phi) is 4.98. The first-order valence-electron chi connectivity index (χ1n) is 7.62. The van der Waals surface area contributed by atoms with Gasteiger partial charge in [-0.05, 0) is 24.3 Å². The maximum atomic E-state index is 12.4. The van der Waals surface area contributed by atoms with Crippen LogP contribution in [0.1, 0.15) is 10.5 Å². The summed E-state index contributed by atoms with van der Waals surface area (Å²) >= 11 is 0. The Bertz CT molecular complexity index is 829. The van der Waals surface area contributed by atoms with Crippen LogP contribution in [0.2, 0.25) is 0 Å². The standard InChI is InChI=1S/C18H18N4O2/c1-24-11-10-19-14-7-8-16(21-12-14)18(23)22-15-6-2-4-13-5-3-9-20-17(13)15/h2-9,12,19H,10-11H2,1H3,(H,22,23). The van der Waals surface area contributed by atoms with Gasteiger partial charge >= 0.3 is 0 Å². The topological polar surface area (TPSA) is 76.1 Å². The maximum absolute atomic E-state index is 12.4. The van der Waals surface area contributed by atoms with Gasteiger partial charge in [0.25, 0.3) is 5.91 Å². The molecule has 24 heavy (non-hydrogen) atoms. The second-order valence-electron chi connectivity index (χ2n) is 5.19. The minimum atomic E-state index is -0.267. The van der Waals surface area contributed by atoms with Crippen LogP contribution >= 0.6 is 0 Å². The Morgan fingerprint density at radius 1 is 1.12 bits per heavy atom. The molecule has 0 bridgehead atoms. The number of nitrogens with zero attached hydrogens (tertiary/aromatic N) is 2. The number of ether oxygens (including phenoxy) is 1. The van der Waals surface area contributed by atoms with Gasteiger partial charge in [-0.1, -0.05) is 18.2 Å². The lowest BCUT2D eigenvalue weighted by Gasteiger charge is -2.09. The van der Waals surface area contributed by atoms with Gasteiger partial charge in [0, 0.05) is 25.2 Å². The number of hydrogen-bond acceptors (Lipinski definition) is 5. The summed E-state index contributed by atoms with van der Waals surface area (Å²) < 4.78 is 4.97. The number of anilines is 2. The van der Waals surface area contributed by atoms with Gasteiger partial charge < -0.3 is 15.4 Å². The molecule has 6 heteroatoms. The summed E-state index contributed by atoms with van der Waals surface area (Å²) in [6.45, 7) is 1.29. The molecule has 2 N–H and O–H groups in total. The number of carbonyl (C=O) groups excluding carboxylic acids is 1. The number of aromatic nitrogens is 2. The van der Waals surface area contributed by atoms with E-state index in [-0.39, 0.29) is 5.91 Å². The zero-order valence-corrected chi connectivity index (χ0v) is 13.3. The number of amides is 1. The summed E-state index contributed by atoms with van der Waals surface area (Å²) in [5.74, 6) is -0.267. The van der Waals surface area contributed by atoms with Gasteiger partial charge in [-0.15, -0.1) is 0 Å². The summed E-state index contributed by atoms with van der Waals surface area (Å²) in [4.78, 5) is 20.9. The van der Waals surface area contributed by atoms with E-state index in [0.29, 0.717) is 24.5 Å². The van der Waals surface area contributed by atoms with Crippen molar-refractivity contribution in [1.82, 2.24) is 9.97 Å². The third-order valence-corrected chi connectivity index (χ3v) is 3.51. The Morgan fingerprint density at radius 2 is 2.00 bits per heavy atom. The molecular weight excluding hydrogens is 304 g/mol. The first kappa shape index (κ1) is 15.9. The van der Waals surface area contributed by atoms with E-state index >= 15 is 0 Å². The van der Waals surface area contributed by atoms with Crippen LogP contribution in [0.3, 0.4) is 0 Å². The Hall–Kier alpha value is -2.99. The van der Waals surface area contributed by atoms with Crippen LogP contribution in [0.4, 0.5) is 11.4 Å². The highest BCUT2D eigenvalue weighted by molar-refractivity contribution is 6.07. The summed E-state index contributed by atoms with van der Waals surface area (Å²) in [6.07, 6.45) is 3.34. The summed E-state index contributed by atoms with van der Waals surface area (Å²) in [7, 11) is 1.65. The third-order valence-electron chi connectivity index (χ3n) is 3.51. The van der Waals surface area contributed by atoms with Gasteiger partial charge in [0.05, 0.1) is 29.7 Å². The zero-order valence-electron chi connectivity index (χ0n) is 13.3. The van der Waals surface area contributed by atoms with Gasteiger partial charge in [0.15, 0.2) is 0 Å². The normalized spacial score (nSPS) is 10.5. The predicted molar refractivity (Wildman–Crippen MR) is 94.3 cm³/mol. The van der Waals surface area contributed by atoms with E-state index in [1.807, 2.05) is 36.4 Å². The van der Waals surface area contributed by atoms with Crippen molar-refractivity contribution in [2.45, 2.75) is 0 Å². The Labute approximate surface area is 139 Å². The fourth-order valence-corrected chi connectivity index (χ4v) is 2.32. The highest BCUT2D eigenvalue weighted by atomic mass is 16.5. The molecule has 0 spiro atoms. The lowest BCUT2D eigenvalue weighted by atomic mass is 10.2. The average molecular weight is 322 g/mol. The number of rotatable bonds is 6. The van der Waals surface area contributed by atoms with Crippen molar-refractivity contribution in [3.05, 3.63) is 60.6 Å². The van der Waals surface area contributed by atoms with E-state index in [4.69, 9.17) is 4.74 Å².